The van der Waals surface area contributed by atoms with Gasteiger partial charge in [-0.25, -0.2) is 4.98 Å². The van der Waals surface area contributed by atoms with E-state index in [0.29, 0.717) is 26.3 Å². The molecule has 0 aliphatic carbocycles. The van der Waals surface area contributed by atoms with E-state index in [1.54, 1.807) is 11.1 Å². The molecule has 0 spiro atoms. The molecule has 0 saturated carbocycles. The summed E-state index contributed by atoms with van der Waals surface area (Å²) >= 11 is 0. The van der Waals surface area contributed by atoms with Crippen LogP contribution < -0.4 is 10.2 Å². The maximum absolute atomic E-state index is 12.2. The number of rotatable bonds is 4. The number of aromatic nitrogens is 1. The van der Waals surface area contributed by atoms with Gasteiger partial charge in [0.2, 0.25) is 12.3 Å². The molecule has 2 aliphatic heterocycles. The second kappa shape index (κ2) is 7.41. The summed E-state index contributed by atoms with van der Waals surface area (Å²) in [5, 5.41) is 2.93. The van der Waals surface area contributed by atoms with Crippen molar-refractivity contribution < 1.29 is 14.3 Å². The van der Waals surface area contributed by atoms with Crippen molar-refractivity contribution in [3.05, 3.63) is 18.3 Å². The number of amides is 2. The van der Waals surface area contributed by atoms with E-state index < -0.39 is 0 Å². The molecule has 1 aromatic heterocycles. The largest absolute Gasteiger partial charge is 0.381 e. The lowest BCUT2D eigenvalue weighted by Gasteiger charge is -2.33. The SMILES string of the molecule is O=CN1CCN(c2ccc(NC(=O)C3CCOCC3)cn2)CC1. The fraction of sp³-hybridized carbons (Fsp3) is 0.562. The molecule has 0 bridgehead atoms. The summed E-state index contributed by atoms with van der Waals surface area (Å²) < 4.78 is 5.28. The minimum absolute atomic E-state index is 0.0276. The smallest absolute Gasteiger partial charge is 0.227 e. The van der Waals surface area contributed by atoms with Gasteiger partial charge in [0.15, 0.2) is 0 Å². The summed E-state index contributed by atoms with van der Waals surface area (Å²) in [6, 6.07) is 3.79. The van der Waals surface area contributed by atoms with Gasteiger partial charge in [-0.15, -0.1) is 0 Å². The molecule has 2 amide bonds. The molecule has 2 saturated heterocycles. The number of pyridine rings is 1. The van der Waals surface area contributed by atoms with Gasteiger partial charge in [-0.1, -0.05) is 0 Å². The Labute approximate surface area is 135 Å². The van der Waals surface area contributed by atoms with Gasteiger partial charge < -0.3 is 19.9 Å². The van der Waals surface area contributed by atoms with Crippen LogP contribution in [0.3, 0.4) is 0 Å². The van der Waals surface area contributed by atoms with E-state index >= 15 is 0 Å². The van der Waals surface area contributed by atoms with Gasteiger partial charge in [0.05, 0.1) is 11.9 Å². The lowest BCUT2D eigenvalue weighted by atomic mass is 9.99. The summed E-state index contributed by atoms with van der Waals surface area (Å²) in [4.78, 5) is 31.2. The molecular formula is C16H22N4O3. The number of hydrogen-bond donors (Lipinski definition) is 1. The van der Waals surface area contributed by atoms with Crippen LogP contribution in [0.4, 0.5) is 11.5 Å². The van der Waals surface area contributed by atoms with Gasteiger partial charge >= 0.3 is 0 Å². The minimum atomic E-state index is 0.0276. The highest BCUT2D eigenvalue weighted by Gasteiger charge is 2.22. The molecule has 23 heavy (non-hydrogen) atoms. The Morgan fingerprint density at radius 2 is 1.96 bits per heavy atom. The quantitative estimate of drug-likeness (QED) is 0.828. The number of carbonyl (C=O) groups is 2. The fourth-order valence-electron chi connectivity index (χ4n) is 2.91. The highest BCUT2D eigenvalue weighted by Crippen LogP contribution is 2.19. The number of anilines is 2. The van der Waals surface area contributed by atoms with Gasteiger partial charge in [-0.3, -0.25) is 9.59 Å². The van der Waals surface area contributed by atoms with Crippen molar-refractivity contribution >= 4 is 23.8 Å². The maximum atomic E-state index is 12.2. The van der Waals surface area contributed by atoms with Crippen LogP contribution >= 0.6 is 0 Å². The number of nitrogens with one attached hydrogen (secondary N) is 1. The van der Waals surface area contributed by atoms with E-state index in [1.807, 2.05) is 12.1 Å². The zero-order chi connectivity index (χ0) is 16.1. The number of carbonyl (C=O) groups excluding carboxylic acids is 2. The van der Waals surface area contributed by atoms with Crippen molar-refractivity contribution in [3.63, 3.8) is 0 Å². The standard InChI is InChI=1S/C16H22N4O3/c21-12-19-5-7-20(8-6-19)15-2-1-14(11-17-15)18-16(22)13-3-9-23-10-4-13/h1-2,11-13H,3-10H2,(H,18,22). The van der Waals surface area contributed by atoms with Crippen LogP contribution in [0, 0.1) is 5.92 Å². The third-order valence-electron chi connectivity index (χ3n) is 4.39. The first-order valence-corrected chi connectivity index (χ1v) is 8.05. The second-order valence-corrected chi connectivity index (χ2v) is 5.91. The van der Waals surface area contributed by atoms with Gasteiger partial charge in [0, 0.05) is 45.3 Å². The lowest BCUT2D eigenvalue weighted by Crippen LogP contribution is -2.46. The zero-order valence-electron chi connectivity index (χ0n) is 13.1. The van der Waals surface area contributed by atoms with Crippen molar-refractivity contribution in [1.82, 2.24) is 9.88 Å². The van der Waals surface area contributed by atoms with E-state index in [-0.39, 0.29) is 11.8 Å². The van der Waals surface area contributed by atoms with Gasteiger partial charge in [-0.2, -0.15) is 0 Å². The normalized spacial score (nSPS) is 19.5. The van der Waals surface area contributed by atoms with Crippen molar-refractivity contribution in [2.24, 2.45) is 5.92 Å². The monoisotopic (exact) mass is 318 g/mol. The number of nitrogens with zero attached hydrogens (tertiary/aromatic N) is 3. The number of ether oxygens (including phenoxy) is 1. The average molecular weight is 318 g/mol. The second-order valence-electron chi connectivity index (χ2n) is 5.91. The first kappa shape index (κ1) is 15.7. The Morgan fingerprint density at radius 1 is 1.22 bits per heavy atom. The van der Waals surface area contributed by atoms with Crippen molar-refractivity contribution in [3.8, 4) is 0 Å². The Bertz CT molecular complexity index is 535. The van der Waals surface area contributed by atoms with E-state index in [0.717, 1.165) is 43.8 Å². The predicted octanol–water partition coefficient (Wildman–Crippen LogP) is 0.725. The third-order valence-corrected chi connectivity index (χ3v) is 4.39. The molecule has 2 fully saturated rings. The van der Waals surface area contributed by atoms with Crippen LogP contribution in [-0.2, 0) is 14.3 Å². The molecule has 0 unspecified atom stereocenters. The molecule has 0 aromatic carbocycles. The van der Waals surface area contributed by atoms with Gasteiger partial charge in [0.1, 0.15) is 5.82 Å². The maximum Gasteiger partial charge on any atom is 0.227 e. The molecule has 7 nitrogen and oxygen atoms in total. The Kier molecular flexibility index (Phi) is 5.07. The first-order valence-electron chi connectivity index (χ1n) is 8.05. The van der Waals surface area contributed by atoms with Crippen molar-refractivity contribution in [2.75, 3.05) is 49.6 Å². The fourth-order valence-corrected chi connectivity index (χ4v) is 2.91. The Morgan fingerprint density at radius 3 is 2.57 bits per heavy atom. The summed E-state index contributed by atoms with van der Waals surface area (Å²) in [6.45, 7) is 4.30. The highest BCUT2D eigenvalue weighted by molar-refractivity contribution is 5.92. The van der Waals surface area contributed by atoms with Crippen molar-refractivity contribution in [2.45, 2.75) is 12.8 Å². The van der Waals surface area contributed by atoms with Crippen molar-refractivity contribution in [1.29, 1.82) is 0 Å². The number of piperazine rings is 1. The summed E-state index contributed by atoms with van der Waals surface area (Å²) in [5.74, 6) is 0.946. The highest BCUT2D eigenvalue weighted by atomic mass is 16.5. The average Bonchev–Trinajstić information content (AvgIpc) is 2.63. The summed E-state index contributed by atoms with van der Waals surface area (Å²) in [6.07, 6.45) is 4.13. The van der Waals surface area contributed by atoms with Gasteiger partial charge in [0.25, 0.3) is 0 Å². The third kappa shape index (κ3) is 3.98. The zero-order valence-corrected chi connectivity index (χ0v) is 13.1. The summed E-state index contributed by atoms with van der Waals surface area (Å²) in [7, 11) is 0. The van der Waals surface area contributed by atoms with E-state index in [9.17, 15) is 9.59 Å². The van der Waals surface area contributed by atoms with Gasteiger partial charge in [-0.05, 0) is 25.0 Å². The Hall–Kier alpha value is -2.15. The summed E-state index contributed by atoms with van der Waals surface area (Å²) in [5.41, 5.74) is 0.719. The molecule has 2 aliphatic rings. The van der Waals surface area contributed by atoms with Crippen LogP contribution in [-0.4, -0.2) is 61.6 Å². The molecule has 7 heteroatoms. The minimum Gasteiger partial charge on any atom is -0.381 e. The predicted molar refractivity (Wildman–Crippen MR) is 86.3 cm³/mol. The molecule has 124 valence electrons. The topological polar surface area (TPSA) is 74.8 Å². The Balaban J connectivity index is 1.54. The van der Waals surface area contributed by atoms with Crippen LogP contribution in [0.5, 0.6) is 0 Å². The first-order chi connectivity index (χ1) is 11.3. The van der Waals surface area contributed by atoms with Crippen LogP contribution in [0.2, 0.25) is 0 Å². The van der Waals surface area contributed by atoms with E-state index in [1.165, 1.54) is 0 Å². The van der Waals surface area contributed by atoms with Crippen LogP contribution in [0.25, 0.3) is 0 Å². The molecule has 3 heterocycles. The molecule has 0 atom stereocenters. The van der Waals surface area contributed by atoms with E-state index in [4.69, 9.17) is 4.74 Å². The lowest BCUT2D eigenvalue weighted by molar-refractivity contribution is -0.122. The molecular weight excluding hydrogens is 296 g/mol. The molecule has 0 radical (unpaired) electrons. The molecule has 1 aromatic rings. The van der Waals surface area contributed by atoms with Crippen LogP contribution in [0.15, 0.2) is 18.3 Å². The number of hydrogen-bond acceptors (Lipinski definition) is 5. The molecule has 1 N–H and O–H groups in total. The molecule has 3 rings (SSSR count). The van der Waals surface area contributed by atoms with E-state index in [2.05, 4.69) is 15.2 Å². The van der Waals surface area contributed by atoms with Crippen LogP contribution in [0.1, 0.15) is 12.8 Å².